The monoisotopic (exact) mass is 426 g/mol. The number of aromatic nitrogens is 3. The Morgan fingerprint density at radius 2 is 2.00 bits per heavy atom. The summed E-state index contributed by atoms with van der Waals surface area (Å²) in [6, 6.07) is 1.90. The highest BCUT2D eigenvalue weighted by atomic mass is 32.2. The largest absolute Gasteiger partial charge is 0.469 e. The van der Waals surface area contributed by atoms with E-state index in [9.17, 15) is 4.79 Å². The van der Waals surface area contributed by atoms with Gasteiger partial charge in [-0.1, -0.05) is 17.8 Å². The van der Waals surface area contributed by atoms with Crippen LogP contribution in [0.2, 0.25) is 0 Å². The number of carbonyl (C=O) groups is 1. The molecule has 1 unspecified atom stereocenters. The van der Waals surface area contributed by atoms with Crippen LogP contribution in [0.1, 0.15) is 51.2 Å². The quantitative estimate of drug-likeness (QED) is 0.517. The summed E-state index contributed by atoms with van der Waals surface area (Å²) in [5, 5.41) is 12.8. The normalized spacial score (nSPS) is 30.4. The first-order chi connectivity index (χ1) is 14.5. The molecular weight excluding hydrogens is 396 g/mol. The molecule has 4 aliphatic rings. The first-order valence-electron chi connectivity index (χ1n) is 11.0. The molecule has 2 heterocycles. The van der Waals surface area contributed by atoms with Crippen LogP contribution >= 0.6 is 11.8 Å². The van der Waals surface area contributed by atoms with Gasteiger partial charge < -0.3 is 9.73 Å². The van der Waals surface area contributed by atoms with Gasteiger partial charge in [-0.2, -0.15) is 0 Å². The van der Waals surface area contributed by atoms with E-state index in [1.807, 2.05) is 30.6 Å². The van der Waals surface area contributed by atoms with E-state index in [1.54, 1.807) is 6.26 Å². The maximum Gasteiger partial charge on any atom is 0.233 e. The molecule has 6 nitrogen and oxygen atoms in total. The molecule has 4 fully saturated rings. The fourth-order valence-electron chi connectivity index (χ4n) is 6.32. The second-order valence-electron chi connectivity index (χ2n) is 9.54. The second-order valence-corrected chi connectivity index (χ2v) is 10.9. The van der Waals surface area contributed by atoms with Crippen molar-refractivity contribution in [1.29, 1.82) is 0 Å². The van der Waals surface area contributed by atoms with Crippen LogP contribution in [0.25, 0.3) is 11.4 Å². The predicted molar refractivity (Wildman–Crippen MR) is 117 cm³/mol. The summed E-state index contributed by atoms with van der Waals surface area (Å²) >= 11 is 1.47. The number of amides is 1. The number of aryl methyl sites for hydroxylation is 1. The van der Waals surface area contributed by atoms with Crippen LogP contribution in [0.15, 0.2) is 34.6 Å². The first-order valence-corrected chi connectivity index (χ1v) is 11.9. The lowest BCUT2D eigenvalue weighted by atomic mass is 9.53. The molecule has 4 saturated carbocycles. The zero-order valence-corrected chi connectivity index (χ0v) is 18.6. The van der Waals surface area contributed by atoms with Gasteiger partial charge in [0.25, 0.3) is 0 Å². The number of furan rings is 1. The summed E-state index contributed by atoms with van der Waals surface area (Å²) in [6.07, 6.45) is 11.1. The van der Waals surface area contributed by atoms with Crippen LogP contribution < -0.4 is 5.32 Å². The van der Waals surface area contributed by atoms with Crippen molar-refractivity contribution in [2.75, 3.05) is 0 Å². The average Bonchev–Trinajstić information content (AvgIpc) is 3.26. The molecule has 1 N–H and O–H groups in total. The molecular formula is C23H30N4O2S. The van der Waals surface area contributed by atoms with Gasteiger partial charge in [-0.15, -0.1) is 16.8 Å². The van der Waals surface area contributed by atoms with Crippen molar-refractivity contribution in [2.24, 2.45) is 17.8 Å². The van der Waals surface area contributed by atoms with Crippen molar-refractivity contribution >= 4 is 17.7 Å². The minimum absolute atomic E-state index is 0.0362. The molecule has 30 heavy (non-hydrogen) atoms. The summed E-state index contributed by atoms with van der Waals surface area (Å²) in [7, 11) is 0. The van der Waals surface area contributed by atoms with Crippen LogP contribution in [-0.2, 0) is 11.3 Å². The molecule has 2 aromatic rings. The fraction of sp³-hybridized carbons (Fsp3) is 0.609. The van der Waals surface area contributed by atoms with Gasteiger partial charge in [-0.25, -0.2) is 0 Å². The van der Waals surface area contributed by atoms with Gasteiger partial charge >= 0.3 is 0 Å². The number of carbonyl (C=O) groups excluding carboxylic acids is 1. The first kappa shape index (κ1) is 19.9. The molecule has 0 aliphatic heterocycles. The van der Waals surface area contributed by atoms with Crippen molar-refractivity contribution in [3.63, 3.8) is 0 Å². The van der Waals surface area contributed by atoms with E-state index in [4.69, 9.17) is 4.42 Å². The number of allylic oxidation sites excluding steroid dienone is 1. The average molecular weight is 427 g/mol. The van der Waals surface area contributed by atoms with Gasteiger partial charge in [0.2, 0.25) is 5.91 Å². The molecule has 1 amide bonds. The fourth-order valence-corrected chi connectivity index (χ4v) is 7.18. The van der Waals surface area contributed by atoms with Crippen molar-refractivity contribution in [3.05, 3.63) is 30.7 Å². The van der Waals surface area contributed by atoms with E-state index in [2.05, 4.69) is 22.1 Å². The minimum atomic E-state index is -0.232. The van der Waals surface area contributed by atoms with Crippen LogP contribution in [-0.4, -0.2) is 31.5 Å². The predicted octanol–water partition coefficient (Wildman–Crippen LogP) is 4.60. The Morgan fingerprint density at radius 1 is 1.33 bits per heavy atom. The lowest BCUT2D eigenvalue weighted by molar-refractivity contribution is -0.126. The third kappa shape index (κ3) is 3.51. The van der Waals surface area contributed by atoms with Crippen molar-refractivity contribution in [3.8, 4) is 11.4 Å². The molecule has 2 aromatic heterocycles. The highest BCUT2D eigenvalue weighted by molar-refractivity contribution is 8.00. The Hall–Kier alpha value is -2.02. The van der Waals surface area contributed by atoms with E-state index in [-0.39, 0.29) is 16.7 Å². The summed E-state index contributed by atoms with van der Waals surface area (Å²) in [4.78, 5) is 13.2. The third-order valence-corrected chi connectivity index (χ3v) is 8.29. The standard InChI is InChI=1S/C23H30N4O2S/c1-4-6-27-20(19-5-7-29-14(19)2)25-26-22(27)30-15(3)21(28)24-23-11-16-8-17(12-23)10-18(9-16)13-23/h4-5,7,15-18H,1,6,8-13H2,2-3H3,(H,24,28). The molecule has 0 aromatic carbocycles. The zero-order valence-electron chi connectivity index (χ0n) is 17.8. The topological polar surface area (TPSA) is 73.0 Å². The molecule has 0 saturated heterocycles. The van der Waals surface area contributed by atoms with Crippen molar-refractivity contribution in [1.82, 2.24) is 20.1 Å². The van der Waals surface area contributed by atoms with Crippen LogP contribution in [0.3, 0.4) is 0 Å². The number of nitrogens with zero attached hydrogens (tertiary/aromatic N) is 3. The van der Waals surface area contributed by atoms with E-state index < -0.39 is 0 Å². The molecule has 4 aliphatic carbocycles. The zero-order chi connectivity index (χ0) is 20.9. The van der Waals surface area contributed by atoms with Gasteiger partial charge in [0.05, 0.1) is 17.1 Å². The highest BCUT2D eigenvalue weighted by Crippen LogP contribution is 2.55. The number of hydrogen-bond acceptors (Lipinski definition) is 5. The van der Waals surface area contributed by atoms with E-state index in [0.29, 0.717) is 6.54 Å². The van der Waals surface area contributed by atoms with Gasteiger partial charge in [-0.3, -0.25) is 9.36 Å². The van der Waals surface area contributed by atoms with Gasteiger partial charge in [0.15, 0.2) is 11.0 Å². The van der Waals surface area contributed by atoms with Crippen LogP contribution in [0.4, 0.5) is 0 Å². The smallest absolute Gasteiger partial charge is 0.233 e. The summed E-state index contributed by atoms with van der Waals surface area (Å²) < 4.78 is 7.44. The van der Waals surface area contributed by atoms with Gasteiger partial charge in [0, 0.05) is 12.1 Å². The van der Waals surface area contributed by atoms with E-state index >= 15 is 0 Å². The Labute approximate surface area is 181 Å². The molecule has 6 rings (SSSR count). The maximum absolute atomic E-state index is 13.2. The molecule has 4 bridgehead atoms. The lowest BCUT2D eigenvalue weighted by Gasteiger charge is -2.57. The van der Waals surface area contributed by atoms with Crippen LogP contribution in [0.5, 0.6) is 0 Å². The van der Waals surface area contributed by atoms with E-state index in [0.717, 1.165) is 40.1 Å². The summed E-state index contributed by atoms with van der Waals surface area (Å²) in [5.74, 6) is 4.12. The van der Waals surface area contributed by atoms with E-state index in [1.165, 1.54) is 50.3 Å². The second kappa shape index (κ2) is 7.59. The highest BCUT2D eigenvalue weighted by Gasteiger charge is 2.51. The molecule has 1 atom stereocenters. The molecule has 0 radical (unpaired) electrons. The van der Waals surface area contributed by atoms with Crippen LogP contribution in [0, 0.1) is 24.7 Å². The Kier molecular flexibility index (Phi) is 5.04. The summed E-state index contributed by atoms with van der Waals surface area (Å²) in [5.41, 5.74) is 0.955. The summed E-state index contributed by atoms with van der Waals surface area (Å²) in [6.45, 7) is 8.33. The van der Waals surface area contributed by atoms with Gasteiger partial charge in [0.1, 0.15) is 5.76 Å². The Bertz CT molecular complexity index is 927. The number of thioether (sulfide) groups is 1. The van der Waals surface area contributed by atoms with Gasteiger partial charge in [-0.05, 0) is 76.2 Å². The third-order valence-electron chi connectivity index (χ3n) is 7.21. The SMILES string of the molecule is C=CCn1c(SC(C)C(=O)NC23CC4CC(CC(C4)C2)C3)nnc1-c1ccoc1C. The number of rotatable bonds is 7. The maximum atomic E-state index is 13.2. The molecule has 7 heteroatoms. The Balaban J connectivity index is 1.31. The van der Waals surface area contributed by atoms with Crippen molar-refractivity contribution in [2.45, 2.75) is 74.9 Å². The number of nitrogens with one attached hydrogen (secondary N) is 1. The van der Waals surface area contributed by atoms with Crippen molar-refractivity contribution < 1.29 is 9.21 Å². The Morgan fingerprint density at radius 3 is 2.57 bits per heavy atom. The molecule has 0 spiro atoms. The number of hydrogen-bond donors (Lipinski definition) is 1. The lowest BCUT2D eigenvalue weighted by Crippen LogP contribution is -2.60. The minimum Gasteiger partial charge on any atom is -0.469 e. The molecule has 160 valence electrons.